The van der Waals surface area contributed by atoms with Gasteiger partial charge in [-0.2, -0.15) is 0 Å². The summed E-state index contributed by atoms with van der Waals surface area (Å²) in [4.78, 5) is 11.9. The maximum absolute atomic E-state index is 13.0. The number of hydrogen-bond acceptors (Lipinski definition) is 1. The van der Waals surface area contributed by atoms with Gasteiger partial charge < -0.3 is 5.32 Å². The molecule has 0 aliphatic rings. The third kappa shape index (κ3) is 2.87. The van der Waals surface area contributed by atoms with Crippen molar-refractivity contribution in [2.75, 3.05) is 5.32 Å². The van der Waals surface area contributed by atoms with Crippen LogP contribution in [0, 0.1) is 12.7 Å². The highest BCUT2D eigenvalue weighted by Crippen LogP contribution is 2.19. The first-order valence-corrected chi connectivity index (χ1v) is 5.62. The summed E-state index contributed by atoms with van der Waals surface area (Å²) in [6, 6.07) is 10.8. The van der Waals surface area contributed by atoms with Crippen molar-refractivity contribution >= 4 is 23.2 Å². The molecule has 0 heterocycles. The fraction of sp³-hybridized carbons (Fsp3) is 0. The molecular weight excluding hydrogens is 253 g/mol. The zero-order valence-corrected chi connectivity index (χ0v) is 10.2. The van der Waals surface area contributed by atoms with E-state index in [0.717, 1.165) is 5.56 Å². The lowest BCUT2D eigenvalue weighted by Gasteiger charge is -2.06. The van der Waals surface area contributed by atoms with E-state index >= 15 is 0 Å². The maximum Gasteiger partial charge on any atom is 0.255 e. The smallest absolute Gasteiger partial charge is 0.255 e. The van der Waals surface area contributed by atoms with Crippen molar-refractivity contribution in [1.29, 1.82) is 0 Å². The third-order valence-corrected chi connectivity index (χ3v) is 2.68. The van der Waals surface area contributed by atoms with Crippen LogP contribution in [0.5, 0.6) is 0 Å². The molecule has 1 amide bonds. The molecule has 0 aliphatic carbocycles. The van der Waals surface area contributed by atoms with E-state index in [1.165, 1.54) is 18.2 Å². The monoisotopic (exact) mass is 262 g/mol. The molecule has 1 radical (unpaired) electrons. The number of anilines is 1. The van der Waals surface area contributed by atoms with Crippen LogP contribution in [-0.4, -0.2) is 5.91 Å². The summed E-state index contributed by atoms with van der Waals surface area (Å²) in [5.74, 6) is -0.797. The van der Waals surface area contributed by atoms with E-state index in [0.29, 0.717) is 11.3 Å². The summed E-state index contributed by atoms with van der Waals surface area (Å²) in [6.45, 7) is 3.74. The van der Waals surface area contributed by atoms with Crippen LogP contribution in [0.2, 0.25) is 5.02 Å². The number of benzene rings is 2. The van der Waals surface area contributed by atoms with Gasteiger partial charge in [-0.1, -0.05) is 23.7 Å². The maximum atomic E-state index is 13.0. The van der Waals surface area contributed by atoms with Crippen molar-refractivity contribution in [3.63, 3.8) is 0 Å². The van der Waals surface area contributed by atoms with E-state index in [1.807, 2.05) is 0 Å². The molecule has 91 valence electrons. The molecule has 0 aromatic heterocycles. The standard InChI is InChI=1S/C14H10ClFNO/c1-9-2-4-10(5-3-9)14(18)17-11-6-7-13(16)12(15)8-11/h2-8H,1H2,(H,17,18). The molecule has 0 bridgehead atoms. The first kappa shape index (κ1) is 12.6. The average Bonchev–Trinajstić information content (AvgIpc) is 2.34. The van der Waals surface area contributed by atoms with Crippen LogP contribution in [0.1, 0.15) is 15.9 Å². The van der Waals surface area contributed by atoms with E-state index < -0.39 is 5.82 Å². The van der Waals surface area contributed by atoms with Crippen molar-refractivity contribution < 1.29 is 9.18 Å². The quantitative estimate of drug-likeness (QED) is 0.873. The Morgan fingerprint density at radius 1 is 1.17 bits per heavy atom. The molecule has 0 saturated carbocycles. The molecule has 0 fully saturated rings. The first-order valence-electron chi connectivity index (χ1n) is 5.25. The highest BCUT2D eigenvalue weighted by Gasteiger charge is 2.07. The second-order valence-corrected chi connectivity index (χ2v) is 4.19. The normalized spacial score (nSPS) is 10.2. The Bertz CT molecular complexity index is 581. The molecule has 2 aromatic carbocycles. The number of rotatable bonds is 2. The van der Waals surface area contributed by atoms with Gasteiger partial charge in [0.25, 0.3) is 5.91 Å². The van der Waals surface area contributed by atoms with Crippen LogP contribution in [0.4, 0.5) is 10.1 Å². The Morgan fingerprint density at radius 2 is 1.83 bits per heavy atom. The summed E-state index contributed by atoms with van der Waals surface area (Å²) in [5.41, 5.74) is 1.78. The van der Waals surface area contributed by atoms with Crippen molar-refractivity contribution in [2.24, 2.45) is 0 Å². The van der Waals surface area contributed by atoms with Crippen LogP contribution < -0.4 is 5.32 Å². The third-order valence-electron chi connectivity index (χ3n) is 2.39. The van der Waals surface area contributed by atoms with E-state index in [4.69, 9.17) is 11.6 Å². The number of nitrogens with one attached hydrogen (secondary N) is 1. The second kappa shape index (κ2) is 5.19. The van der Waals surface area contributed by atoms with E-state index in [-0.39, 0.29) is 10.9 Å². The number of hydrogen-bond donors (Lipinski definition) is 1. The lowest BCUT2D eigenvalue weighted by Crippen LogP contribution is -2.11. The Kier molecular flexibility index (Phi) is 3.63. The van der Waals surface area contributed by atoms with Crippen LogP contribution in [-0.2, 0) is 0 Å². The molecule has 1 N–H and O–H groups in total. The number of amides is 1. The molecule has 18 heavy (non-hydrogen) atoms. The van der Waals surface area contributed by atoms with Crippen molar-refractivity contribution in [3.05, 3.63) is 71.4 Å². The van der Waals surface area contributed by atoms with Gasteiger partial charge in [-0.05, 0) is 42.8 Å². The molecule has 2 aromatic rings. The van der Waals surface area contributed by atoms with Gasteiger partial charge >= 0.3 is 0 Å². The lowest BCUT2D eigenvalue weighted by molar-refractivity contribution is 0.102. The molecular formula is C14H10ClFNO. The Hall–Kier alpha value is -1.87. The van der Waals surface area contributed by atoms with Gasteiger partial charge in [0.1, 0.15) is 5.82 Å². The summed E-state index contributed by atoms with van der Waals surface area (Å²) in [5, 5.41) is 2.61. The lowest BCUT2D eigenvalue weighted by atomic mass is 10.1. The van der Waals surface area contributed by atoms with Gasteiger partial charge in [0.05, 0.1) is 5.02 Å². The van der Waals surface area contributed by atoms with Gasteiger partial charge in [-0.3, -0.25) is 4.79 Å². The van der Waals surface area contributed by atoms with Crippen molar-refractivity contribution in [1.82, 2.24) is 0 Å². The molecule has 0 unspecified atom stereocenters. The minimum atomic E-state index is -0.518. The van der Waals surface area contributed by atoms with Gasteiger partial charge in [0.15, 0.2) is 0 Å². The fourth-order valence-corrected chi connectivity index (χ4v) is 1.61. The SMILES string of the molecule is [CH2]c1ccc(C(=O)Nc2ccc(F)c(Cl)c2)cc1. The molecule has 0 aliphatic heterocycles. The van der Waals surface area contributed by atoms with Crippen LogP contribution >= 0.6 is 11.6 Å². The second-order valence-electron chi connectivity index (χ2n) is 3.78. The predicted octanol–water partition coefficient (Wildman–Crippen LogP) is 3.91. The molecule has 2 nitrogen and oxygen atoms in total. The molecule has 0 spiro atoms. The summed E-state index contributed by atoms with van der Waals surface area (Å²) < 4.78 is 13.0. The predicted molar refractivity (Wildman–Crippen MR) is 70.3 cm³/mol. The van der Waals surface area contributed by atoms with E-state index in [1.54, 1.807) is 24.3 Å². The number of halogens is 2. The largest absolute Gasteiger partial charge is 0.322 e. The molecule has 4 heteroatoms. The first-order chi connectivity index (χ1) is 8.56. The Balaban J connectivity index is 2.16. The summed E-state index contributed by atoms with van der Waals surface area (Å²) >= 11 is 5.63. The summed E-state index contributed by atoms with van der Waals surface area (Å²) in [7, 11) is 0. The highest BCUT2D eigenvalue weighted by atomic mass is 35.5. The fourth-order valence-electron chi connectivity index (χ4n) is 1.43. The minimum Gasteiger partial charge on any atom is -0.322 e. The zero-order chi connectivity index (χ0) is 13.1. The highest BCUT2D eigenvalue weighted by molar-refractivity contribution is 6.31. The van der Waals surface area contributed by atoms with E-state index in [2.05, 4.69) is 12.2 Å². The molecule has 0 saturated heterocycles. The van der Waals surface area contributed by atoms with E-state index in [9.17, 15) is 9.18 Å². The average molecular weight is 263 g/mol. The minimum absolute atomic E-state index is 0.0269. The van der Waals surface area contributed by atoms with Crippen molar-refractivity contribution in [2.45, 2.75) is 0 Å². The number of carbonyl (C=O) groups is 1. The zero-order valence-electron chi connectivity index (χ0n) is 9.41. The Morgan fingerprint density at radius 3 is 2.44 bits per heavy atom. The van der Waals surface area contributed by atoms with Crippen LogP contribution in [0.15, 0.2) is 42.5 Å². The molecule has 0 atom stereocenters. The van der Waals surface area contributed by atoms with Gasteiger partial charge in [-0.25, -0.2) is 4.39 Å². The van der Waals surface area contributed by atoms with Gasteiger partial charge in [0.2, 0.25) is 0 Å². The molecule has 2 rings (SSSR count). The topological polar surface area (TPSA) is 29.1 Å². The van der Waals surface area contributed by atoms with Crippen molar-refractivity contribution in [3.8, 4) is 0 Å². The number of carbonyl (C=O) groups excluding carboxylic acids is 1. The Labute approximate surface area is 109 Å². The van der Waals surface area contributed by atoms with Gasteiger partial charge in [-0.15, -0.1) is 0 Å². The van der Waals surface area contributed by atoms with Crippen LogP contribution in [0.3, 0.4) is 0 Å². The summed E-state index contributed by atoms with van der Waals surface area (Å²) in [6.07, 6.45) is 0. The van der Waals surface area contributed by atoms with Crippen LogP contribution in [0.25, 0.3) is 0 Å². The van der Waals surface area contributed by atoms with Gasteiger partial charge in [0, 0.05) is 11.3 Å².